The molecule has 0 atom stereocenters. The fraction of sp³-hybridized carbons (Fsp3) is 0.111. The van der Waals surface area contributed by atoms with E-state index in [1.165, 1.54) is 24.3 Å². The zero-order chi connectivity index (χ0) is 13.7. The fourth-order valence-electron chi connectivity index (χ4n) is 0.961. The molecule has 0 spiro atoms. The molecular weight excluding hydrogens is 359 g/mol. The summed E-state index contributed by atoms with van der Waals surface area (Å²) in [6, 6.07) is 5.28. The van der Waals surface area contributed by atoms with Gasteiger partial charge in [-0.15, -0.1) is 0 Å². The Morgan fingerprint density at radius 3 is 2.17 bits per heavy atom. The molecule has 8 nitrogen and oxygen atoms in total. The van der Waals surface area contributed by atoms with Crippen LogP contribution in [0.25, 0.3) is 0 Å². The van der Waals surface area contributed by atoms with E-state index in [0.717, 1.165) is 7.11 Å². The number of benzene rings is 1. The number of hydrogen-bond donors (Lipinski definition) is 0. The van der Waals surface area contributed by atoms with Crippen LogP contribution in [0.1, 0.15) is 0 Å². The molecular formula is C9H7IN2O6. The monoisotopic (exact) mass is 366 g/mol. The van der Waals surface area contributed by atoms with Crippen molar-refractivity contribution in [2.24, 2.45) is 0 Å². The molecule has 0 N–H and O–H groups in total. The summed E-state index contributed by atoms with van der Waals surface area (Å²) in [6.45, 7) is 0. The maximum Gasteiger partial charge on any atom is 0.499 e. The second-order valence-corrected chi connectivity index (χ2v) is 5.67. The number of nitro benzene ring substituents is 1. The molecule has 0 aliphatic heterocycles. The predicted molar refractivity (Wildman–Crippen MR) is 52.8 cm³/mol. The number of halogens is 1. The molecule has 0 heterocycles. The molecule has 0 bridgehead atoms. The Bertz CT molecular complexity index is 498. The van der Waals surface area contributed by atoms with E-state index in [-0.39, 0.29) is 5.69 Å². The van der Waals surface area contributed by atoms with Crippen LogP contribution in [0.15, 0.2) is 33.9 Å². The molecule has 0 aromatic heterocycles. The fourth-order valence-corrected chi connectivity index (χ4v) is 2.91. The van der Waals surface area contributed by atoms with Gasteiger partial charge in [0.25, 0.3) is 5.69 Å². The third kappa shape index (κ3) is 3.55. The highest BCUT2D eigenvalue weighted by Gasteiger charge is 2.33. The lowest BCUT2D eigenvalue weighted by Crippen LogP contribution is -3.61. The van der Waals surface area contributed by atoms with Crippen LogP contribution < -0.4 is 26.3 Å². The number of rotatable bonds is 5. The first-order chi connectivity index (χ1) is 8.45. The van der Waals surface area contributed by atoms with E-state index in [1.54, 1.807) is 0 Å². The molecule has 0 saturated heterocycles. The second kappa shape index (κ2) is 6.14. The first kappa shape index (κ1) is 14.2. The Morgan fingerprint density at radius 2 is 1.78 bits per heavy atom. The molecule has 0 saturated carbocycles. The summed E-state index contributed by atoms with van der Waals surface area (Å²) in [5.41, 5.74) is -0.108. The van der Waals surface area contributed by atoms with Gasteiger partial charge in [-0.3, -0.25) is 20.2 Å². The normalized spacial score (nSPS) is 11.6. The maximum atomic E-state index is 11.2. The lowest BCUT2D eigenvalue weighted by molar-refractivity contribution is -0.713. The van der Waals surface area contributed by atoms with E-state index < -0.39 is 40.7 Å². The summed E-state index contributed by atoms with van der Waals surface area (Å²) < 4.78 is 4.32. The molecule has 0 amide bonds. The summed E-state index contributed by atoms with van der Waals surface area (Å²) in [4.78, 5) is 19.7. The average molecular weight is 366 g/mol. The SMILES string of the molecule is CO/C([O-])=C(/[I+]c1ccc([N+](=O)[O-])cc1)[N+](=O)[O-]. The number of nitro groups is 2. The average Bonchev–Trinajstić information content (AvgIpc) is 2.35. The molecule has 18 heavy (non-hydrogen) atoms. The molecule has 0 unspecified atom stereocenters. The smallest absolute Gasteiger partial charge is 0.499 e. The Hall–Kier alpha value is -1.91. The van der Waals surface area contributed by atoms with Crippen LogP contribution in [0.5, 0.6) is 0 Å². The first-order valence-corrected chi connectivity index (χ1v) is 6.60. The van der Waals surface area contributed by atoms with Crippen LogP contribution in [0, 0.1) is 23.8 Å². The molecule has 1 aromatic rings. The van der Waals surface area contributed by atoms with E-state index in [0.29, 0.717) is 3.57 Å². The van der Waals surface area contributed by atoms with Crippen molar-refractivity contribution in [2.45, 2.75) is 0 Å². The highest BCUT2D eigenvalue weighted by Crippen LogP contribution is 2.07. The minimum atomic E-state index is -1.34. The van der Waals surface area contributed by atoms with E-state index in [4.69, 9.17) is 0 Å². The van der Waals surface area contributed by atoms with Crippen LogP contribution in [0.2, 0.25) is 0 Å². The van der Waals surface area contributed by atoms with Crippen LogP contribution in [0.3, 0.4) is 0 Å². The lowest BCUT2D eigenvalue weighted by atomic mass is 10.3. The predicted octanol–water partition coefficient (Wildman–Crippen LogP) is -2.74. The zero-order valence-electron chi connectivity index (χ0n) is 9.03. The van der Waals surface area contributed by atoms with Gasteiger partial charge in [-0.25, -0.2) is 0 Å². The van der Waals surface area contributed by atoms with E-state index in [9.17, 15) is 25.3 Å². The van der Waals surface area contributed by atoms with Gasteiger partial charge in [0.1, 0.15) is 4.92 Å². The summed E-state index contributed by atoms with van der Waals surface area (Å²) in [5, 5.41) is 32.2. The molecule has 0 radical (unpaired) electrons. The molecule has 1 aromatic carbocycles. The summed E-state index contributed by atoms with van der Waals surface area (Å²) in [5.74, 6) is -0.980. The Labute approximate surface area is 111 Å². The zero-order valence-corrected chi connectivity index (χ0v) is 11.2. The van der Waals surface area contributed by atoms with Crippen LogP contribution >= 0.6 is 0 Å². The highest BCUT2D eigenvalue weighted by atomic mass is 127. The van der Waals surface area contributed by atoms with Crippen molar-refractivity contribution < 1.29 is 40.9 Å². The Kier molecular flexibility index (Phi) is 4.83. The van der Waals surface area contributed by atoms with Gasteiger partial charge in [0.05, 0.1) is 4.92 Å². The number of methoxy groups -OCH3 is 1. The third-order valence-electron chi connectivity index (χ3n) is 1.75. The van der Waals surface area contributed by atoms with Gasteiger partial charge in [0, 0.05) is 12.1 Å². The lowest BCUT2D eigenvalue weighted by Gasteiger charge is -2.02. The quantitative estimate of drug-likeness (QED) is 0.184. The summed E-state index contributed by atoms with van der Waals surface area (Å²) >= 11 is -1.34. The standard InChI is InChI=1S/C9H7IN2O6/c1-18-9(13)8(12(16)17)10-6-2-4-7(5-3-6)11(14)15/h2-5H,1H3/b9-8-. The summed E-state index contributed by atoms with van der Waals surface area (Å²) in [6.07, 6.45) is 0. The van der Waals surface area contributed by atoms with Crippen LogP contribution in [0.4, 0.5) is 5.69 Å². The van der Waals surface area contributed by atoms with Gasteiger partial charge in [0.15, 0.2) is 5.95 Å². The third-order valence-corrected chi connectivity index (χ3v) is 4.44. The number of nitrogens with zero attached hydrogens (tertiary/aromatic N) is 2. The number of ether oxygens (including phenoxy) is 1. The van der Waals surface area contributed by atoms with Crippen LogP contribution in [-0.2, 0) is 4.74 Å². The molecule has 9 heteroatoms. The number of non-ortho nitro benzene ring substituents is 1. The Balaban J connectivity index is 2.96. The second-order valence-electron chi connectivity index (χ2n) is 2.87. The first-order valence-electron chi connectivity index (χ1n) is 4.44. The minimum absolute atomic E-state index is 0.108. The highest BCUT2D eigenvalue weighted by molar-refractivity contribution is 5.27. The van der Waals surface area contributed by atoms with E-state index in [2.05, 4.69) is 4.74 Å². The molecule has 96 valence electrons. The van der Waals surface area contributed by atoms with Gasteiger partial charge in [-0.2, -0.15) is 0 Å². The van der Waals surface area contributed by atoms with Crippen LogP contribution in [-0.4, -0.2) is 17.0 Å². The van der Waals surface area contributed by atoms with Gasteiger partial charge in [0.2, 0.25) is 3.57 Å². The van der Waals surface area contributed by atoms with Gasteiger partial charge in [-0.05, 0) is 19.2 Å². The van der Waals surface area contributed by atoms with Crippen molar-refractivity contribution >= 4 is 5.69 Å². The van der Waals surface area contributed by atoms with Gasteiger partial charge >= 0.3 is 24.9 Å². The van der Waals surface area contributed by atoms with Crippen molar-refractivity contribution in [3.8, 4) is 0 Å². The van der Waals surface area contributed by atoms with Gasteiger partial charge < -0.3 is 9.84 Å². The van der Waals surface area contributed by atoms with Crippen molar-refractivity contribution in [2.75, 3.05) is 7.11 Å². The van der Waals surface area contributed by atoms with E-state index in [1.807, 2.05) is 0 Å². The van der Waals surface area contributed by atoms with E-state index >= 15 is 0 Å². The van der Waals surface area contributed by atoms with Crippen molar-refractivity contribution in [3.63, 3.8) is 0 Å². The molecule has 1 rings (SSSR count). The maximum absolute atomic E-state index is 11.2. The van der Waals surface area contributed by atoms with Crippen molar-refractivity contribution in [3.05, 3.63) is 57.7 Å². The Morgan fingerprint density at radius 1 is 1.22 bits per heavy atom. The molecule has 0 aliphatic carbocycles. The van der Waals surface area contributed by atoms with Crippen molar-refractivity contribution in [1.29, 1.82) is 0 Å². The topological polar surface area (TPSA) is 119 Å². The van der Waals surface area contributed by atoms with Crippen molar-refractivity contribution in [1.82, 2.24) is 0 Å². The number of hydrogen-bond acceptors (Lipinski definition) is 6. The largest absolute Gasteiger partial charge is 0.609 e. The minimum Gasteiger partial charge on any atom is -0.609 e. The van der Waals surface area contributed by atoms with Gasteiger partial charge in [-0.1, -0.05) is 0 Å². The summed E-state index contributed by atoms with van der Waals surface area (Å²) in [7, 11) is 1.06. The molecule has 0 fully saturated rings. The molecule has 0 aliphatic rings.